The minimum atomic E-state index is -0.486. The van der Waals surface area contributed by atoms with Crippen molar-refractivity contribution in [1.82, 2.24) is 19.5 Å². The Morgan fingerprint density at radius 2 is 1.16 bits per heavy atom. The fourth-order valence-electron chi connectivity index (χ4n) is 7.35. The molecule has 0 N–H and O–H groups in total. The second kappa shape index (κ2) is 10.9. The molecule has 6 heteroatoms. The van der Waals surface area contributed by atoms with E-state index in [1.807, 2.05) is 48.5 Å². The Hall–Kier alpha value is -6.63. The van der Waals surface area contributed by atoms with E-state index < -0.39 is 30.2 Å². The highest BCUT2D eigenvalue weighted by atomic mass is 32.1. The van der Waals surface area contributed by atoms with Gasteiger partial charge in [-0.1, -0.05) is 109 Å². The van der Waals surface area contributed by atoms with Gasteiger partial charge in [0.15, 0.2) is 17.5 Å². The number of benzene rings is 7. The minimum absolute atomic E-state index is 0.0275. The molecule has 51 heavy (non-hydrogen) atoms. The number of furan rings is 1. The molecule has 4 heterocycles. The lowest BCUT2D eigenvalue weighted by molar-refractivity contribution is 0.669. The summed E-state index contributed by atoms with van der Waals surface area (Å²) in [7, 11) is 0. The van der Waals surface area contributed by atoms with E-state index in [2.05, 4.69) is 83.4 Å². The predicted octanol–water partition coefficient (Wildman–Crippen LogP) is 12.2. The van der Waals surface area contributed by atoms with Crippen LogP contribution in [0.3, 0.4) is 0 Å². The molecule has 7 aromatic carbocycles. The lowest BCUT2D eigenvalue weighted by Crippen LogP contribution is -2.00. The molecule has 11 aromatic rings. The quantitative estimate of drug-likeness (QED) is 0.186. The van der Waals surface area contributed by atoms with Crippen LogP contribution in [0.25, 0.3) is 104 Å². The minimum Gasteiger partial charge on any atom is -0.455 e. The molecular formula is C45H26N4OS. The van der Waals surface area contributed by atoms with Crippen LogP contribution in [0.15, 0.2) is 162 Å². The Labute approximate surface area is 302 Å². The van der Waals surface area contributed by atoms with Crippen LogP contribution in [-0.4, -0.2) is 19.5 Å². The van der Waals surface area contributed by atoms with Crippen molar-refractivity contribution in [2.75, 3.05) is 0 Å². The zero-order valence-electron chi connectivity index (χ0n) is 31.7. The van der Waals surface area contributed by atoms with Gasteiger partial charge in [-0.25, -0.2) is 15.0 Å². The zero-order chi connectivity index (χ0) is 37.8. The van der Waals surface area contributed by atoms with Gasteiger partial charge in [0.1, 0.15) is 11.2 Å². The topological polar surface area (TPSA) is 56.7 Å². The van der Waals surface area contributed by atoms with E-state index in [0.717, 1.165) is 53.2 Å². The first-order chi connectivity index (χ1) is 27.4. The van der Waals surface area contributed by atoms with Crippen LogP contribution in [0.5, 0.6) is 0 Å². The average molecular weight is 676 g/mol. The largest absolute Gasteiger partial charge is 0.455 e. The fourth-order valence-corrected chi connectivity index (χ4v) is 8.49. The highest BCUT2D eigenvalue weighted by Gasteiger charge is 2.20. The van der Waals surface area contributed by atoms with Gasteiger partial charge in [-0.05, 0) is 48.5 Å². The van der Waals surface area contributed by atoms with Crippen LogP contribution in [0.4, 0.5) is 0 Å². The van der Waals surface area contributed by atoms with E-state index >= 15 is 0 Å². The van der Waals surface area contributed by atoms with Gasteiger partial charge in [-0.3, -0.25) is 0 Å². The smallest absolute Gasteiger partial charge is 0.167 e. The third-order valence-corrected chi connectivity index (χ3v) is 10.7. The number of hydrogen-bond acceptors (Lipinski definition) is 5. The lowest BCUT2D eigenvalue weighted by atomic mass is 10.0. The first-order valence-electron chi connectivity index (χ1n) is 19.0. The Morgan fingerprint density at radius 1 is 0.529 bits per heavy atom. The van der Waals surface area contributed by atoms with Crippen LogP contribution in [-0.2, 0) is 0 Å². The van der Waals surface area contributed by atoms with Gasteiger partial charge in [0.25, 0.3) is 0 Å². The van der Waals surface area contributed by atoms with Crippen LogP contribution in [0, 0.1) is 0 Å². The lowest BCUT2D eigenvalue weighted by Gasteiger charge is -2.10. The molecule has 0 amide bonds. The summed E-state index contributed by atoms with van der Waals surface area (Å²) in [5, 5.41) is 6.14. The summed E-state index contributed by atoms with van der Waals surface area (Å²) in [4.78, 5) is 14.8. The van der Waals surface area contributed by atoms with Gasteiger partial charge in [0, 0.05) is 58.5 Å². The summed E-state index contributed by atoms with van der Waals surface area (Å²) < 4.78 is 53.8. The van der Waals surface area contributed by atoms with Gasteiger partial charge >= 0.3 is 0 Å². The van der Waals surface area contributed by atoms with Gasteiger partial charge in [0.2, 0.25) is 0 Å². The molecule has 0 fully saturated rings. The van der Waals surface area contributed by atoms with E-state index in [1.54, 1.807) is 11.3 Å². The summed E-state index contributed by atoms with van der Waals surface area (Å²) in [6.45, 7) is 0. The number of para-hydroxylation sites is 3. The summed E-state index contributed by atoms with van der Waals surface area (Å²) in [6.07, 6.45) is 0. The molecule has 4 aromatic heterocycles. The molecule has 11 rings (SSSR count). The maximum absolute atomic E-state index is 8.83. The molecule has 0 spiro atoms. The van der Waals surface area contributed by atoms with Crippen LogP contribution in [0.2, 0.25) is 0 Å². The molecule has 0 aliphatic heterocycles. The number of fused-ring (bicyclic) bond motifs is 9. The molecular weight excluding hydrogens is 645 g/mol. The number of aromatic nitrogens is 4. The van der Waals surface area contributed by atoms with Crippen molar-refractivity contribution in [3.8, 4) is 39.9 Å². The van der Waals surface area contributed by atoms with Crippen molar-refractivity contribution in [2.24, 2.45) is 0 Å². The second-order valence-electron chi connectivity index (χ2n) is 12.4. The first-order valence-corrected chi connectivity index (χ1v) is 17.4. The molecule has 0 bridgehead atoms. The van der Waals surface area contributed by atoms with Gasteiger partial charge in [-0.2, -0.15) is 0 Å². The summed E-state index contributed by atoms with van der Waals surface area (Å²) in [6, 6.07) is 40.7. The molecule has 0 aliphatic carbocycles. The molecule has 0 unspecified atom stereocenters. The maximum atomic E-state index is 8.83. The Morgan fingerprint density at radius 3 is 1.96 bits per heavy atom. The summed E-state index contributed by atoms with van der Waals surface area (Å²) in [5.74, 6) is 0.536. The Bertz CT molecular complexity index is 3380. The Kier molecular flexibility index (Phi) is 5.08. The second-order valence-corrected chi connectivity index (χ2v) is 13.5. The van der Waals surface area contributed by atoms with Crippen LogP contribution < -0.4 is 0 Å². The Balaban J connectivity index is 1.17. The monoisotopic (exact) mass is 675 g/mol. The number of thiophene rings is 1. The van der Waals surface area contributed by atoms with E-state index in [1.165, 1.54) is 10.8 Å². The van der Waals surface area contributed by atoms with Crippen molar-refractivity contribution in [1.29, 1.82) is 0 Å². The van der Waals surface area contributed by atoms with Gasteiger partial charge in [0.05, 0.1) is 23.5 Å². The molecule has 238 valence electrons. The van der Waals surface area contributed by atoms with Crippen LogP contribution in [0.1, 0.15) is 6.85 Å². The van der Waals surface area contributed by atoms with E-state index in [9.17, 15) is 0 Å². The first kappa shape index (κ1) is 23.7. The third-order valence-electron chi connectivity index (χ3n) is 9.56. The normalized spacial score (nSPS) is 13.3. The molecule has 0 radical (unpaired) electrons. The maximum Gasteiger partial charge on any atom is 0.167 e. The number of nitrogens with zero attached hydrogens (tertiary/aromatic N) is 4. The standard InChI is InChI=1S/C45H26N4OS/c1-2-12-27(13-3-1)43-46-44(33-18-11-23-40-41(33)32-16-6-9-22-39(32)51-40)48-45(47-43)34-19-10-17-31-35-26-28(24-25-38(35)50-42(31)34)49-36-20-7-4-14-29(36)30-15-5-8-21-37(30)49/h1-26H/i1D,2D,3D,12D,13D. The van der Waals surface area contributed by atoms with Crippen molar-refractivity contribution >= 4 is 75.3 Å². The number of rotatable bonds is 4. The van der Waals surface area contributed by atoms with Crippen molar-refractivity contribution < 1.29 is 11.3 Å². The van der Waals surface area contributed by atoms with Gasteiger partial charge < -0.3 is 8.98 Å². The zero-order valence-corrected chi connectivity index (χ0v) is 27.5. The van der Waals surface area contributed by atoms with E-state index in [-0.39, 0.29) is 17.2 Å². The summed E-state index contributed by atoms with van der Waals surface area (Å²) in [5.41, 5.74) is 5.67. The van der Waals surface area contributed by atoms with E-state index in [4.69, 9.17) is 26.2 Å². The molecule has 0 saturated carbocycles. The number of hydrogen-bond donors (Lipinski definition) is 0. The fraction of sp³-hybridized carbons (Fsp3) is 0. The van der Waals surface area contributed by atoms with Crippen LogP contribution >= 0.6 is 11.3 Å². The third kappa shape index (κ3) is 4.30. The van der Waals surface area contributed by atoms with E-state index in [0.29, 0.717) is 22.6 Å². The predicted molar refractivity (Wildman–Crippen MR) is 211 cm³/mol. The van der Waals surface area contributed by atoms with Crippen molar-refractivity contribution in [3.63, 3.8) is 0 Å². The molecule has 5 nitrogen and oxygen atoms in total. The van der Waals surface area contributed by atoms with Crippen molar-refractivity contribution in [3.05, 3.63) is 158 Å². The highest BCUT2D eigenvalue weighted by molar-refractivity contribution is 7.25. The molecule has 0 aliphatic rings. The summed E-state index contributed by atoms with van der Waals surface area (Å²) >= 11 is 1.67. The molecule has 0 saturated heterocycles. The highest BCUT2D eigenvalue weighted by Crippen LogP contribution is 2.41. The SMILES string of the molecule is [2H]c1c([2H])c([2H])c(-c2nc(-c3cccc4c3oc3ccc(-n5c6ccccc6c6ccccc65)cc34)nc(-c3cccc4sc5ccccc5c34)n2)c([2H])c1[2H]. The van der Waals surface area contributed by atoms with Gasteiger partial charge in [-0.15, -0.1) is 11.3 Å². The molecule has 0 atom stereocenters. The average Bonchev–Trinajstić information content (AvgIpc) is 3.91. The van der Waals surface area contributed by atoms with Crippen molar-refractivity contribution in [2.45, 2.75) is 0 Å².